The number of phenols is 1. The van der Waals surface area contributed by atoms with Crippen molar-refractivity contribution in [2.75, 3.05) is 0 Å². The monoisotopic (exact) mass is 218 g/mol. The Hall–Kier alpha value is -1.48. The molecule has 1 aromatic carbocycles. The highest BCUT2D eigenvalue weighted by Gasteiger charge is 2.06. The molecule has 0 aliphatic carbocycles. The minimum absolute atomic E-state index is 0.321. The lowest BCUT2D eigenvalue weighted by molar-refractivity contribution is 0.476. The molecule has 0 fully saturated rings. The number of aromatic nitrogens is 1. The number of phenolic OH excluding ortho intramolecular Hbond substituents is 1. The van der Waals surface area contributed by atoms with Crippen molar-refractivity contribution >= 4 is 10.9 Å². The molecule has 0 amide bonds. The number of fused-ring (bicyclic) bond motifs is 1. The van der Waals surface area contributed by atoms with Crippen molar-refractivity contribution in [3.63, 3.8) is 0 Å². The van der Waals surface area contributed by atoms with Crippen molar-refractivity contribution in [2.45, 2.75) is 26.4 Å². The summed E-state index contributed by atoms with van der Waals surface area (Å²) in [5.41, 5.74) is 2.38. The van der Waals surface area contributed by atoms with Crippen LogP contribution in [0, 0.1) is 0 Å². The fourth-order valence-electron chi connectivity index (χ4n) is 1.87. The first-order valence-electron chi connectivity index (χ1n) is 5.58. The molecule has 0 aliphatic rings. The number of nitrogens with one attached hydrogen (secondary N) is 1. The van der Waals surface area contributed by atoms with Crippen molar-refractivity contribution in [3.05, 3.63) is 30.0 Å². The molecule has 0 spiro atoms. The average molecular weight is 218 g/mol. The van der Waals surface area contributed by atoms with E-state index in [0.717, 1.165) is 17.4 Å². The zero-order valence-corrected chi connectivity index (χ0v) is 9.99. The second-order valence-corrected chi connectivity index (χ2v) is 4.47. The van der Waals surface area contributed by atoms with E-state index in [0.29, 0.717) is 11.8 Å². The lowest BCUT2D eigenvalue weighted by atomic mass is 10.2. The van der Waals surface area contributed by atoms with E-state index in [1.807, 2.05) is 6.07 Å². The molecule has 2 N–H and O–H groups in total. The van der Waals surface area contributed by atoms with Crippen molar-refractivity contribution in [2.24, 2.45) is 7.05 Å². The summed E-state index contributed by atoms with van der Waals surface area (Å²) < 4.78 is 2.16. The first-order chi connectivity index (χ1) is 7.58. The second-order valence-electron chi connectivity index (χ2n) is 4.47. The minimum atomic E-state index is 0.321. The van der Waals surface area contributed by atoms with Crippen LogP contribution in [-0.4, -0.2) is 15.7 Å². The highest BCUT2D eigenvalue weighted by Crippen LogP contribution is 2.22. The number of nitrogens with zero attached hydrogens (tertiary/aromatic N) is 1. The third-order valence-corrected chi connectivity index (χ3v) is 2.82. The van der Waals surface area contributed by atoms with Gasteiger partial charge in [0.15, 0.2) is 0 Å². The Kier molecular flexibility index (Phi) is 2.88. The molecule has 1 aromatic heterocycles. The fraction of sp³-hybridized carbons (Fsp3) is 0.385. The van der Waals surface area contributed by atoms with Crippen LogP contribution in [0.1, 0.15) is 19.5 Å². The van der Waals surface area contributed by atoms with Crippen LogP contribution in [0.5, 0.6) is 5.75 Å². The van der Waals surface area contributed by atoms with Crippen LogP contribution in [0.15, 0.2) is 24.3 Å². The maximum atomic E-state index is 9.42. The van der Waals surface area contributed by atoms with E-state index < -0.39 is 0 Å². The number of hydrogen-bond donors (Lipinski definition) is 2. The number of hydrogen-bond acceptors (Lipinski definition) is 2. The Labute approximate surface area is 95.7 Å². The summed E-state index contributed by atoms with van der Waals surface area (Å²) in [7, 11) is 2.05. The van der Waals surface area contributed by atoms with Crippen LogP contribution >= 0.6 is 0 Å². The fourth-order valence-corrected chi connectivity index (χ4v) is 1.87. The van der Waals surface area contributed by atoms with Crippen LogP contribution in [0.2, 0.25) is 0 Å². The summed E-state index contributed by atoms with van der Waals surface area (Å²) in [6, 6.07) is 8.07. The molecular weight excluding hydrogens is 200 g/mol. The molecular formula is C13H18N2O. The van der Waals surface area contributed by atoms with Gasteiger partial charge < -0.3 is 15.0 Å². The van der Waals surface area contributed by atoms with E-state index in [9.17, 15) is 5.11 Å². The van der Waals surface area contributed by atoms with Gasteiger partial charge in [-0.05, 0) is 24.3 Å². The molecule has 2 aromatic rings. The SMILES string of the molecule is CC(C)NCc1cc2cc(O)ccc2n1C. The van der Waals surface area contributed by atoms with Crippen molar-refractivity contribution < 1.29 is 5.11 Å². The molecule has 86 valence electrons. The zero-order chi connectivity index (χ0) is 11.7. The van der Waals surface area contributed by atoms with Crippen molar-refractivity contribution in [1.82, 2.24) is 9.88 Å². The van der Waals surface area contributed by atoms with Crippen LogP contribution < -0.4 is 5.32 Å². The van der Waals surface area contributed by atoms with Gasteiger partial charge in [-0.1, -0.05) is 13.8 Å². The smallest absolute Gasteiger partial charge is 0.116 e. The molecule has 0 saturated heterocycles. The zero-order valence-electron chi connectivity index (χ0n) is 9.99. The van der Waals surface area contributed by atoms with Gasteiger partial charge in [0.1, 0.15) is 5.75 Å². The number of rotatable bonds is 3. The summed E-state index contributed by atoms with van der Waals surface area (Å²) in [6.07, 6.45) is 0. The number of aromatic hydroxyl groups is 1. The molecule has 16 heavy (non-hydrogen) atoms. The van der Waals surface area contributed by atoms with Gasteiger partial charge in [-0.3, -0.25) is 0 Å². The van der Waals surface area contributed by atoms with Crippen LogP contribution in [0.3, 0.4) is 0 Å². The summed E-state index contributed by atoms with van der Waals surface area (Å²) >= 11 is 0. The highest BCUT2D eigenvalue weighted by atomic mass is 16.3. The first kappa shape index (κ1) is 11.0. The standard InChI is InChI=1S/C13H18N2O/c1-9(2)14-8-11-6-10-7-12(16)4-5-13(10)15(11)3/h4-7,9,14,16H,8H2,1-3H3. The summed E-state index contributed by atoms with van der Waals surface area (Å²) in [4.78, 5) is 0. The predicted octanol–water partition coefficient (Wildman–Crippen LogP) is 2.38. The lowest BCUT2D eigenvalue weighted by Crippen LogP contribution is -2.22. The molecule has 0 unspecified atom stereocenters. The van der Waals surface area contributed by atoms with Crippen LogP contribution in [-0.2, 0) is 13.6 Å². The molecule has 3 heteroatoms. The van der Waals surface area contributed by atoms with E-state index in [1.54, 1.807) is 12.1 Å². The Morgan fingerprint density at radius 1 is 1.31 bits per heavy atom. The summed E-state index contributed by atoms with van der Waals surface area (Å²) in [5.74, 6) is 0.321. The van der Waals surface area contributed by atoms with E-state index in [2.05, 4.69) is 36.8 Å². The largest absolute Gasteiger partial charge is 0.508 e. The maximum absolute atomic E-state index is 9.42. The molecule has 1 heterocycles. The van der Waals surface area contributed by atoms with Gasteiger partial charge in [-0.25, -0.2) is 0 Å². The molecule has 0 aliphatic heterocycles. The number of benzene rings is 1. The van der Waals surface area contributed by atoms with E-state index >= 15 is 0 Å². The van der Waals surface area contributed by atoms with Gasteiger partial charge in [-0.15, -0.1) is 0 Å². The molecule has 2 rings (SSSR count). The topological polar surface area (TPSA) is 37.2 Å². The highest BCUT2D eigenvalue weighted by molar-refractivity contribution is 5.82. The minimum Gasteiger partial charge on any atom is -0.508 e. The summed E-state index contributed by atoms with van der Waals surface area (Å²) in [5, 5.41) is 13.9. The quantitative estimate of drug-likeness (QED) is 0.830. The van der Waals surface area contributed by atoms with Gasteiger partial charge in [0.2, 0.25) is 0 Å². The maximum Gasteiger partial charge on any atom is 0.116 e. The molecule has 0 saturated carbocycles. The van der Waals surface area contributed by atoms with Crippen LogP contribution in [0.4, 0.5) is 0 Å². The first-order valence-corrected chi connectivity index (χ1v) is 5.58. The van der Waals surface area contributed by atoms with Gasteiger partial charge in [0, 0.05) is 36.2 Å². The Morgan fingerprint density at radius 2 is 2.06 bits per heavy atom. The lowest BCUT2D eigenvalue weighted by Gasteiger charge is -2.08. The van der Waals surface area contributed by atoms with Crippen molar-refractivity contribution in [3.8, 4) is 5.75 Å². The van der Waals surface area contributed by atoms with E-state index in [4.69, 9.17) is 0 Å². The Balaban J connectivity index is 2.36. The Bertz CT molecular complexity index is 500. The van der Waals surface area contributed by atoms with Gasteiger partial charge in [0.05, 0.1) is 0 Å². The molecule has 0 radical (unpaired) electrons. The van der Waals surface area contributed by atoms with Gasteiger partial charge in [0.25, 0.3) is 0 Å². The second kappa shape index (κ2) is 4.18. The number of aryl methyl sites for hydroxylation is 1. The predicted molar refractivity (Wildman–Crippen MR) is 66.6 cm³/mol. The molecule has 3 nitrogen and oxygen atoms in total. The molecule has 0 atom stereocenters. The third kappa shape index (κ3) is 2.04. The van der Waals surface area contributed by atoms with E-state index in [1.165, 1.54) is 5.69 Å². The molecule has 0 bridgehead atoms. The van der Waals surface area contributed by atoms with Gasteiger partial charge in [-0.2, -0.15) is 0 Å². The van der Waals surface area contributed by atoms with Gasteiger partial charge >= 0.3 is 0 Å². The van der Waals surface area contributed by atoms with Crippen molar-refractivity contribution in [1.29, 1.82) is 0 Å². The summed E-state index contributed by atoms with van der Waals surface area (Å²) in [6.45, 7) is 5.12. The average Bonchev–Trinajstić information content (AvgIpc) is 2.52. The normalized spacial score (nSPS) is 11.5. The van der Waals surface area contributed by atoms with E-state index in [-0.39, 0.29) is 0 Å². The Morgan fingerprint density at radius 3 is 2.75 bits per heavy atom. The van der Waals surface area contributed by atoms with Crippen LogP contribution in [0.25, 0.3) is 10.9 Å². The third-order valence-electron chi connectivity index (χ3n) is 2.82.